The number of esters is 3. The van der Waals surface area contributed by atoms with E-state index in [0.29, 0.717) is 84.1 Å². The van der Waals surface area contributed by atoms with Crippen molar-refractivity contribution in [3.05, 3.63) is 109 Å². The zero-order valence-electron chi connectivity index (χ0n) is 80.8. The van der Waals surface area contributed by atoms with E-state index in [4.69, 9.17) is 52.1 Å². The van der Waals surface area contributed by atoms with Crippen molar-refractivity contribution >= 4 is 326 Å². The third-order valence-electron chi connectivity index (χ3n) is 38.2. The maximum absolute atomic E-state index is 17.8. The number of nitrogens with zero attached hydrogens (tertiary/aromatic N) is 3. The summed E-state index contributed by atoms with van der Waals surface area (Å²) in [5.74, 6) is -1.21. The molecule has 31 aromatic rings. The number of fused-ring (bicyclic) bond motifs is 6. The van der Waals surface area contributed by atoms with Crippen molar-refractivity contribution in [2.24, 2.45) is 5.41 Å². The molecule has 142 heavy (non-hydrogen) atoms. The first-order valence-electron chi connectivity index (χ1n) is 51.5. The van der Waals surface area contributed by atoms with Crippen molar-refractivity contribution in [2.45, 2.75) is 151 Å². The van der Waals surface area contributed by atoms with Gasteiger partial charge >= 0.3 is 17.9 Å². The highest BCUT2D eigenvalue weighted by molar-refractivity contribution is 6.83. The van der Waals surface area contributed by atoms with Crippen molar-refractivity contribution in [1.29, 1.82) is 0 Å². The second-order valence-corrected chi connectivity index (χ2v) is 45.1. The fourth-order valence-corrected chi connectivity index (χ4v) is 34.1. The molecule has 2 spiro atoms. The number of rotatable bonds is 28. The number of carbonyl (C=O) groups excluding carboxylic acids is 6. The Balaban J connectivity index is 0.441. The molecule has 20 nitrogen and oxygen atoms in total. The fourth-order valence-electron chi connectivity index (χ4n) is 34.1. The van der Waals surface area contributed by atoms with Gasteiger partial charge in [-0.25, -0.2) is 4.79 Å². The molecule has 694 valence electrons. The topological polar surface area (TPSA) is 214 Å². The molecule has 6 bridgehead atoms. The molecule has 0 atom stereocenters. The molecule has 3 amide bonds. The lowest BCUT2D eigenvalue weighted by atomic mass is 9.68. The molecule has 0 radical (unpaired) electrons. The molecule has 6 aliphatic rings. The third kappa shape index (κ3) is 7.19. The Morgan fingerprint density at radius 2 is 0.465 bits per heavy atom. The molecule has 0 aromatic heterocycles. The average Bonchev–Trinajstić information content (AvgIpc) is 1.35. The summed E-state index contributed by atoms with van der Waals surface area (Å²) >= 11 is 0. The molecule has 37 rings (SSSR count). The number of hydrogen-bond acceptors (Lipinski definition) is 17. The van der Waals surface area contributed by atoms with E-state index in [1.165, 1.54) is 313 Å². The number of ether oxygens (including phenoxy) is 11. The van der Waals surface area contributed by atoms with E-state index in [1.807, 2.05) is 60.6 Å². The monoisotopic (exact) mass is 1870 g/mol. The molecule has 1 aliphatic heterocycles. The first kappa shape index (κ1) is 77.8. The van der Waals surface area contributed by atoms with Crippen LogP contribution in [0.15, 0.2) is 36.4 Å². The van der Waals surface area contributed by atoms with Crippen molar-refractivity contribution in [2.75, 3.05) is 105 Å². The van der Waals surface area contributed by atoms with Crippen LogP contribution < -0.4 is 14.2 Å². The summed E-state index contributed by atoms with van der Waals surface area (Å²) in [7, 11) is 0. The molecule has 0 unspecified atom stereocenters. The van der Waals surface area contributed by atoms with E-state index >= 15 is 9.59 Å². The summed E-state index contributed by atoms with van der Waals surface area (Å²) in [4.78, 5) is 97.4. The summed E-state index contributed by atoms with van der Waals surface area (Å²) in [6.45, 7) is 28.1. The minimum absolute atomic E-state index is 0.00178. The highest BCUT2D eigenvalue weighted by atomic mass is 16.6. The largest absolute Gasteiger partial charge is 0.483 e. The Bertz CT molecular complexity index is 9880. The molecule has 20 heteroatoms. The van der Waals surface area contributed by atoms with Gasteiger partial charge in [0.15, 0.2) is 25.2 Å². The smallest absolute Gasteiger partial charge is 0.338 e. The lowest BCUT2D eigenvalue weighted by molar-refractivity contribution is -0.167. The molecular formula is C122H89N3O17. The van der Waals surface area contributed by atoms with Gasteiger partial charge in [-0.15, -0.1) is 0 Å². The maximum Gasteiger partial charge on any atom is 0.338 e. The number of carbonyl (C=O) groups is 6. The Morgan fingerprint density at radius 3 is 0.676 bits per heavy atom. The molecule has 1 heterocycles. The van der Waals surface area contributed by atoms with Crippen LogP contribution in [-0.4, -0.2) is 156 Å². The average molecular weight is 1870 g/mol. The van der Waals surface area contributed by atoms with Crippen LogP contribution in [0.3, 0.4) is 0 Å². The van der Waals surface area contributed by atoms with Crippen LogP contribution in [0.1, 0.15) is 167 Å². The lowest BCUT2D eigenvalue weighted by Crippen LogP contribution is -2.39. The zero-order valence-corrected chi connectivity index (χ0v) is 80.8. The summed E-state index contributed by atoms with van der Waals surface area (Å²) in [6.07, 6.45) is 0. The molecule has 1 saturated carbocycles. The normalized spacial score (nSPS) is 18.8. The predicted molar refractivity (Wildman–Crippen MR) is 558 cm³/mol. The summed E-state index contributed by atoms with van der Waals surface area (Å²) < 4.78 is 73.3. The SMILES string of the molecule is CCOC(=O)C1(C(=O)OCCOCCOCCOC(=O)c2cc3c(OCC(=O)N(CC)CC)c(c2)COCc2cc(C(C)(C)C)cc(c2OCC(=O)N(CC)CC)COCc2cc(C(C)(C)C)cc(c2OCC(=O)N(CC)CC)COC3)C23c4c5c6c7c8c9c(c%10c%11c2c2c4c4c%12c5c5c6c6c8c8c%13c9c9c%10c%10c%11c%11c2c2c4c4c%12c%12c5c5c6c8c6c8c%13c9c9c%10c%10c%11c2c2c4c4c%12c5c6c5c8c9c%10c2c45)C713. The van der Waals surface area contributed by atoms with Gasteiger partial charge in [0.25, 0.3) is 17.7 Å². The molecule has 1 fully saturated rings. The highest BCUT2D eigenvalue weighted by Crippen LogP contribution is 2.97. The van der Waals surface area contributed by atoms with Gasteiger partial charge in [0.2, 0.25) is 0 Å². The number of hydrogen-bond donors (Lipinski definition) is 0. The van der Waals surface area contributed by atoms with E-state index in [9.17, 15) is 19.2 Å². The van der Waals surface area contributed by atoms with Gasteiger partial charge in [-0.05, 0) is 420 Å². The van der Waals surface area contributed by atoms with E-state index in [-0.39, 0.29) is 146 Å². The van der Waals surface area contributed by atoms with Gasteiger partial charge in [-0.1, -0.05) is 41.5 Å². The quantitative estimate of drug-likeness (QED) is 0.0147. The standard InChI is InChI=1S/C122H89N3O17/c1-14-123(15-2)51(126)39-140-112-43-27-42(28-44(112)34-135-36-46-30-50(119(11,12)13)32-48(114(46)142-41-53(128)125(18-5)19-6)38-136-37-47-31-49(118(8,9)10)29-45(35-134-33-43)113(47)141-40-52(127)124(16-3)17-4)115(129)138-25-23-132-21-22-133-24-26-139-117(131)122(116(130)137-20-7)120-108-100-92-82-72-64-56-54-55-58-62-60(56)68-76-70(62)80-74-66(58)67-59(55)63-61-57(54)65(64)73-79-69(61)77-71(63)81-75(67)85-84(74)94-88(80)98-90(76)96(86(92)78(68)72)104(108)106(98)110-102(94)103-95(85)89(81)99-91(77)97-87(79)93(83(73)82)101(100)109(120)105(97)107(99)111(103)121(110,120)122/h27-32H,14-26,33-41H2,1-13H3. The molecule has 0 N–H and O–H groups in total. The van der Waals surface area contributed by atoms with Crippen LogP contribution >= 0.6 is 0 Å². The Kier molecular flexibility index (Phi) is 13.0. The molecular weight excluding hydrogens is 1780 g/mol. The zero-order chi connectivity index (χ0) is 94.7. The third-order valence-corrected chi connectivity index (χ3v) is 38.2. The second kappa shape index (κ2) is 23.7. The summed E-state index contributed by atoms with van der Waals surface area (Å²) in [5.41, 5.74) is 5.13. The number of amides is 3. The Labute approximate surface area is 805 Å². The Morgan fingerprint density at radius 1 is 0.268 bits per heavy atom. The maximum atomic E-state index is 17.8. The van der Waals surface area contributed by atoms with Gasteiger partial charge in [-0.2, -0.15) is 0 Å². The fraction of sp³-hybridized carbons (Fsp3) is 0.328. The first-order chi connectivity index (χ1) is 69.1. The van der Waals surface area contributed by atoms with Crippen molar-refractivity contribution in [1.82, 2.24) is 14.7 Å². The van der Waals surface area contributed by atoms with Crippen LogP contribution in [0.25, 0.3) is 291 Å². The van der Waals surface area contributed by atoms with Gasteiger partial charge in [-0.3, -0.25) is 24.0 Å². The van der Waals surface area contributed by atoms with E-state index in [0.717, 1.165) is 11.1 Å². The van der Waals surface area contributed by atoms with Crippen molar-refractivity contribution in [3.63, 3.8) is 0 Å². The van der Waals surface area contributed by atoms with E-state index in [1.54, 1.807) is 26.8 Å². The van der Waals surface area contributed by atoms with Crippen LogP contribution in [0.4, 0.5) is 0 Å². The molecule has 0 saturated heterocycles. The van der Waals surface area contributed by atoms with Gasteiger partial charge in [0.1, 0.15) is 30.5 Å². The predicted octanol–water partition coefficient (Wildman–Crippen LogP) is 24.1. The van der Waals surface area contributed by atoms with E-state index < -0.39 is 34.2 Å². The van der Waals surface area contributed by atoms with Gasteiger partial charge < -0.3 is 66.8 Å². The van der Waals surface area contributed by atoms with Gasteiger partial charge in [0, 0.05) is 72.6 Å². The minimum atomic E-state index is -1.91. The highest BCUT2D eigenvalue weighted by Gasteiger charge is 3.01. The minimum Gasteiger partial charge on any atom is -0.483 e. The van der Waals surface area contributed by atoms with Crippen LogP contribution in [-0.2, 0) is 123 Å². The number of benzene rings is 21. The lowest BCUT2D eigenvalue weighted by Gasteiger charge is -2.32. The second-order valence-electron chi connectivity index (χ2n) is 45.1. The first-order valence-corrected chi connectivity index (χ1v) is 51.5. The van der Waals surface area contributed by atoms with Crippen molar-refractivity contribution < 1.29 is 80.9 Å². The van der Waals surface area contributed by atoms with Crippen LogP contribution in [0, 0.1) is 5.41 Å². The summed E-state index contributed by atoms with van der Waals surface area (Å²) in [5, 5.41) is 76.2. The van der Waals surface area contributed by atoms with Crippen LogP contribution in [0.5, 0.6) is 17.2 Å². The molecule has 31 aromatic carbocycles. The Hall–Kier alpha value is -13.9. The summed E-state index contributed by atoms with van der Waals surface area (Å²) in [6, 6.07) is 11.5. The van der Waals surface area contributed by atoms with Gasteiger partial charge in [0.05, 0.1) is 89.1 Å². The van der Waals surface area contributed by atoms with Crippen LogP contribution in [0.2, 0.25) is 0 Å². The van der Waals surface area contributed by atoms with Crippen molar-refractivity contribution in [3.8, 4) is 17.2 Å². The molecule has 5 aliphatic carbocycles. The number of likely N-dealkylation sites (N-methyl/N-ethyl adjacent to an activating group) is 3. The van der Waals surface area contributed by atoms with E-state index in [2.05, 4.69) is 53.7 Å².